The second-order valence-electron chi connectivity index (χ2n) is 4.11. The lowest BCUT2D eigenvalue weighted by atomic mass is 10.1. The quantitative estimate of drug-likeness (QED) is 0.701. The monoisotopic (exact) mass is 242 g/mol. The third-order valence-corrected chi connectivity index (χ3v) is 2.66. The summed E-state index contributed by atoms with van der Waals surface area (Å²) in [6.45, 7) is 2.75. The van der Waals surface area contributed by atoms with E-state index in [1.165, 1.54) is 0 Å². The van der Waals surface area contributed by atoms with Crippen LogP contribution in [0.2, 0.25) is 0 Å². The third-order valence-electron chi connectivity index (χ3n) is 2.66. The van der Waals surface area contributed by atoms with E-state index in [1.54, 1.807) is 11.9 Å². The fraction of sp³-hybridized carbons (Fsp3) is 0.727. The van der Waals surface area contributed by atoms with Crippen molar-refractivity contribution in [3.05, 3.63) is 0 Å². The Morgan fingerprint density at radius 3 is 2.76 bits per heavy atom. The number of nitrogens with zero attached hydrogens (tertiary/aromatic N) is 2. The van der Waals surface area contributed by atoms with Crippen LogP contribution in [0.5, 0.6) is 0 Å². The van der Waals surface area contributed by atoms with Crippen LogP contribution in [0.25, 0.3) is 0 Å². The smallest absolute Gasteiger partial charge is 0.353 e. The molecule has 1 amide bonds. The molecule has 6 nitrogen and oxygen atoms in total. The molecule has 1 aliphatic rings. The molecule has 0 aromatic heterocycles. The molecule has 1 rings (SSSR count). The summed E-state index contributed by atoms with van der Waals surface area (Å²) in [6, 6.07) is 0. The molecule has 1 atom stereocenters. The first-order valence-corrected chi connectivity index (χ1v) is 5.77. The topological polar surface area (TPSA) is 79.2 Å². The lowest BCUT2D eigenvalue weighted by Gasteiger charge is -2.19. The van der Waals surface area contributed by atoms with Crippen LogP contribution in [0.1, 0.15) is 32.6 Å². The van der Waals surface area contributed by atoms with E-state index in [9.17, 15) is 9.59 Å². The van der Waals surface area contributed by atoms with Crippen molar-refractivity contribution >= 4 is 17.6 Å². The Morgan fingerprint density at radius 2 is 2.24 bits per heavy atom. The fourth-order valence-electron chi connectivity index (χ4n) is 1.59. The summed E-state index contributed by atoms with van der Waals surface area (Å²) in [5.74, 6) is -1.34. The number of aliphatic carboxylic acids is 1. The molecule has 1 N–H and O–H groups in total. The summed E-state index contributed by atoms with van der Waals surface area (Å²) < 4.78 is 0. The van der Waals surface area contributed by atoms with Crippen LogP contribution in [-0.4, -0.2) is 47.3 Å². The van der Waals surface area contributed by atoms with E-state index in [-0.39, 0.29) is 18.0 Å². The summed E-state index contributed by atoms with van der Waals surface area (Å²) in [7, 11) is 1.69. The van der Waals surface area contributed by atoms with E-state index < -0.39 is 12.1 Å². The second-order valence-corrected chi connectivity index (χ2v) is 4.11. The van der Waals surface area contributed by atoms with Crippen LogP contribution in [0, 0.1) is 0 Å². The van der Waals surface area contributed by atoms with E-state index in [2.05, 4.69) is 12.1 Å². The first-order chi connectivity index (χ1) is 8.06. The molecular weight excluding hydrogens is 224 g/mol. The van der Waals surface area contributed by atoms with Crippen molar-refractivity contribution in [1.82, 2.24) is 4.90 Å². The van der Waals surface area contributed by atoms with Crippen molar-refractivity contribution in [3.63, 3.8) is 0 Å². The Bertz CT molecular complexity index is 327. The Labute approximate surface area is 100 Å². The van der Waals surface area contributed by atoms with Crippen molar-refractivity contribution in [2.24, 2.45) is 5.16 Å². The number of carboxylic acid groups (broad SMARTS) is 1. The number of likely N-dealkylation sites (N-methyl/N-ethyl adjacent to an activating group) is 1. The number of amides is 1. The zero-order valence-corrected chi connectivity index (χ0v) is 10.2. The highest BCUT2D eigenvalue weighted by Crippen LogP contribution is 2.13. The lowest BCUT2D eigenvalue weighted by molar-refractivity contribution is -0.140. The molecule has 0 spiro atoms. The van der Waals surface area contributed by atoms with E-state index in [1.807, 2.05) is 0 Å². The average molecular weight is 242 g/mol. The number of carboxylic acids is 1. The number of carbonyl (C=O) groups excluding carboxylic acids is 1. The van der Waals surface area contributed by atoms with Gasteiger partial charge < -0.3 is 14.8 Å². The molecule has 1 heterocycles. The Kier molecular flexibility index (Phi) is 4.93. The van der Waals surface area contributed by atoms with Gasteiger partial charge in [-0.1, -0.05) is 24.9 Å². The number of rotatable bonds is 6. The largest absolute Gasteiger partial charge is 0.477 e. The highest BCUT2D eigenvalue weighted by Gasteiger charge is 2.33. The second kappa shape index (κ2) is 6.22. The highest BCUT2D eigenvalue weighted by atomic mass is 16.6. The molecule has 0 radical (unpaired) electrons. The predicted octanol–water partition coefficient (Wildman–Crippen LogP) is 0.865. The molecule has 96 valence electrons. The SMILES string of the molecule is CCCCCN(C)C(=O)C1CC(C(=O)O)=NO1. The standard InChI is InChI=1S/C11H18N2O4/c1-3-4-5-6-13(2)10(14)9-7-8(11(15)16)12-17-9/h9H,3-7H2,1-2H3,(H,15,16). The van der Waals surface area contributed by atoms with Crippen molar-refractivity contribution in [2.45, 2.75) is 38.7 Å². The number of carbonyl (C=O) groups is 2. The van der Waals surface area contributed by atoms with Gasteiger partial charge in [-0.2, -0.15) is 0 Å². The molecule has 17 heavy (non-hydrogen) atoms. The molecule has 0 bridgehead atoms. The van der Waals surface area contributed by atoms with E-state index in [4.69, 9.17) is 9.94 Å². The number of unbranched alkanes of at least 4 members (excludes halogenated alkanes) is 2. The van der Waals surface area contributed by atoms with Crippen molar-refractivity contribution in [3.8, 4) is 0 Å². The fourth-order valence-corrected chi connectivity index (χ4v) is 1.59. The van der Waals surface area contributed by atoms with Crippen LogP contribution >= 0.6 is 0 Å². The Morgan fingerprint density at radius 1 is 1.53 bits per heavy atom. The maximum absolute atomic E-state index is 11.8. The maximum atomic E-state index is 11.8. The molecule has 1 unspecified atom stereocenters. The number of oxime groups is 1. The predicted molar refractivity (Wildman–Crippen MR) is 61.7 cm³/mol. The summed E-state index contributed by atoms with van der Waals surface area (Å²) in [5, 5.41) is 12.1. The van der Waals surface area contributed by atoms with Crippen LogP contribution in [0.3, 0.4) is 0 Å². The van der Waals surface area contributed by atoms with Gasteiger partial charge in [0.25, 0.3) is 5.91 Å². The van der Waals surface area contributed by atoms with Gasteiger partial charge in [0.1, 0.15) is 0 Å². The number of hydrogen-bond donors (Lipinski definition) is 1. The van der Waals surface area contributed by atoms with Gasteiger partial charge in [-0.05, 0) is 6.42 Å². The molecule has 0 aromatic carbocycles. The summed E-state index contributed by atoms with van der Waals surface area (Å²) in [6.07, 6.45) is 2.38. The number of hydrogen-bond acceptors (Lipinski definition) is 4. The first kappa shape index (κ1) is 13.5. The molecule has 0 aromatic rings. The highest BCUT2D eigenvalue weighted by molar-refractivity contribution is 6.36. The zero-order chi connectivity index (χ0) is 12.8. The molecule has 0 saturated heterocycles. The molecular formula is C11H18N2O4. The van der Waals surface area contributed by atoms with Crippen LogP contribution < -0.4 is 0 Å². The van der Waals surface area contributed by atoms with Crippen molar-refractivity contribution < 1.29 is 19.5 Å². The summed E-state index contributed by atoms with van der Waals surface area (Å²) in [4.78, 5) is 28.9. The van der Waals surface area contributed by atoms with E-state index in [0.717, 1.165) is 19.3 Å². The molecule has 1 aliphatic heterocycles. The first-order valence-electron chi connectivity index (χ1n) is 5.77. The van der Waals surface area contributed by atoms with Crippen molar-refractivity contribution in [2.75, 3.05) is 13.6 Å². The van der Waals surface area contributed by atoms with Gasteiger partial charge >= 0.3 is 5.97 Å². The minimum atomic E-state index is -1.13. The van der Waals surface area contributed by atoms with Gasteiger partial charge in [-0.3, -0.25) is 4.79 Å². The van der Waals surface area contributed by atoms with Crippen LogP contribution in [-0.2, 0) is 14.4 Å². The third kappa shape index (κ3) is 3.72. The molecule has 6 heteroatoms. The van der Waals surface area contributed by atoms with Crippen LogP contribution in [0.15, 0.2) is 5.16 Å². The van der Waals surface area contributed by atoms with Gasteiger partial charge in [0, 0.05) is 20.0 Å². The van der Waals surface area contributed by atoms with Gasteiger partial charge in [-0.15, -0.1) is 0 Å². The van der Waals surface area contributed by atoms with Gasteiger partial charge in [-0.25, -0.2) is 4.79 Å². The summed E-state index contributed by atoms with van der Waals surface area (Å²) in [5.41, 5.74) is -0.0923. The van der Waals surface area contributed by atoms with E-state index in [0.29, 0.717) is 6.54 Å². The molecule has 0 aliphatic carbocycles. The zero-order valence-electron chi connectivity index (χ0n) is 10.2. The minimum Gasteiger partial charge on any atom is -0.477 e. The van der Waals surface area contributed by atoms with Gasteiger partial charge in [0.2, 0.25) is 6.10 Å². The average Bonchev–Trinajstić information content (AvgIpc) is 2.77. The van der Waals surface area contributed by atoms with Gasteiger partial charge in [0.05, 0.1) is 0 Å². The lowest BCUT2D eigenvalue weighted by Crippen LogP contribution is -2.37. The Hall–Kier alpha value is -1.59. The van der Waals surface area contributed by atoms with Crippen LogP contribution in [0.4, 0.5) is 0 Å². The van der Waals surface area contributed by atoms with Crippen molar-refractivity contribution in [1.29, 1.82) is 0 Å². The summed E-state index contributed by atoms with van der Waals surface area (Å²) >= 11 is 0. The normalized spacial score (nSPS) is 18.5. The maximum Gasteiger partial charge on any atom is 0.353 e. The Balaban J connectivity index is 2.37. The molecule has 0 fully saturated rings. The molecule has 0 saturated carbocycles. The van der Waals surface area contributed by atoms with Gasteiger partial charge in [0.15, 0.2) is 5.71 Å². The van der Waals surface area contributed by atoms with E-state index >= 15 is 0 Å². The minimum absolute atomic E-state index is 0.0479.